The van der Waals surface area contributed by atoms with E-state index in [9.17, 15) is 9.59 Å². The number of hydrogen-bond acceptors (Lipinski definition) is 3. The summed E-state index contributed by atoms with van der Waals surface area (Å²) < 4.78 is 6.57. The Balaban J connectivity index is 1.35. The molecule has 30 heavy (non-hydrogen) atoms. The van der Waals surface area contributed by atoms with E-state index < -0.39 is 5.72 Å². The average Bonchev–Trinajstić information content (AvgIpc) is 3.42. The Labute approximate surface area is 174 Å². The molecular formula is C25H22N2O3. The van der Waals surface area contributed by atoms with Gasteiger partial charge < -0.3 is 14.5 Å². The molecule has 0 N–H and O–H groups in total. The molecule has 6 rings (SSSR count). The fraction of sp³-hybridized carbons (Fsp3) is 0.280. The molecule has 2 amide bonds. The van der Waals surface area contributed by atoms with Crippen molar-refractivity contribution < 1.29 is 14.3 Å². The quantitative estimate of drug-likeness (QED) is 0.661. The highest BCUT2D eigenvalue weighted by molar-refractivity contribution is 6.07. The summed E-state index contributed by atoms with van der Waals surface area (Å²) in [6, 6.07) is 23.5. The van der Waals surface area contributed by atoms with E-state index in [1.54, 1.807) is 0 Å². The first kappa shape index (κ1) is 17.7. The molecule has 0 unspecified atom stereocenters. The van der Waals surface area contributed by atoms with Crippen LogP contribution in [0, 0.1) is 0 Å². The number of fused-ring (bicyclic) bond motifs is 1. The van der Waals surface area contributed by atoms with E-state index >= 15 is 0 Å². The number of ether oxygens (including phenoxy) is 1. The van der Waals surface area contributed by atoms with Crippen LogP contribution in [0.3, 0.4) is 0 Å². The summed E-state index contributed by atoms with van der Waals surface area (Å²) in [6.45, 7) is 1.15. The third-order valence-electron chi connectivity index (χ3n) is 6.88. The Hall–Kier alpha value is -3.18. The minimum atomic E-state index is -0.697. The van der Waals surface area contributed by atoms with Gasteiger partial charge in [-0.25, -0.2) is 0 Å². The van der Waals surface area contributed by atoms with Crippen molar-refractivity contribution in [2.45, 2.75) is 30.7 Å². The fourth-order valence-corrected chi connectivity index (χ4v) is 5.48. The van der Waals surface area contributed by atoms with Crippen molar-refractivity contribution in [2.75, 3.05) is 13.1 Å². The van der Waals surface area contributed by atoms with Crippen LogP contribution in [-0.2, 0) is 9.53 Å². The van der Waals surface area contributed by atoms with Gasteiger partial charge in [-0.05, 0) is 22.4 Å². The smallest absolute Gasteiger partial charge is 0.254 e. The zero-order valence-corrected chi connectivity index (χ0v) is 16.5. The summed E-state index contributed by atoms with van der Waals surface area (Å²) in [5.41, 5.74) is 1.07. The molecular weight excluding hydrogens is 376 g/mol. The first-order chi connectivity index (χ1) is 14.7. The normalized spacial score (nSPS) is 27.5. The molecule has 150 valence electrons. The van der Waals surface area contributed by atoms with Gasteiger partial charge >= 0.3 is 0 Å². The summed E-state index contributed by atoms with van der Waals surface area (Å²) in [5.74, 6) is 0.0592. The van der Waals surface area contributed by atoms with Crippen molar-refractivity contribution in [2.24, 2.45) is 0 Å². The molecule has 1 spiro atoms. The van der Waals surface area contributed by atoms with E-state index in [0.29, 0.717) is 31.5 Å². The Kier molecular flexibility index (Phi) is 3.77. The predicted octanol–water partition coefficient (Wildman–Crippen LogP) is 3.75. The van der Waals surface area contributed by atoms with Crippen molar-refractivity contribution in [1.82, 2.24) is 9.80 Å². The summed E-state index contributed by atoms with van der Waals surface area (Å²) in [5, 5.41) is 1.99. The molecule has 0 aliphatic carbocycles. The van der Waals surface area contributed by atoms with Gasteiger partial charge in [0.1, 0.15) is 6.10 Å². The van der Waals surface area contributed by atoms with Gasteiger partial charge in [0.2, 0.25) is 5.91 Å². The molecule has 3 atom stereocenters. The summed E-state index contributed by atoms with van der Waals surface area (Å²) in [6.07, 6.45) is 0.840. The van der Waals surface area contributed by atoms with E-state index in [0.717, 1.165) is 16.3 Å². The van der Waals surface area contributed by atoms with Crippen LogP contribution in [-0.4, -0.2) is 46.5 Å². The number of carbonyl (C=O) groups is 2. The van der Waals surface area contributed by atoms with Crippen LogP contribution in [0.4, 0.5) is 0 Å². The average molecular weight is 398 g/mol. The number of hydrogen-bond donors (Lipinski definition) is 0. The first-order valence-electron chi connectivity index (χ1n) is 10.5. The van der Waals surface area contributed by atoms with Crippen LogP contribution in [0.25, 0.3) is 10.8 Å². The van der Waals surface area contributed by atoms with Crippen LogP contribution in [0.15, 0.2) is 72.8 Å². The lowest BCUT2D eigenvalue weighted by Crippen LogP contribution is -2.48. The lowest BCUT2D eigenvalue weighted by molar-refractivity contribution is -0.138. The van der Waals surface area contributed by atoms with Gasteiger partial charge in [-0.15, -0.1) is 0 Å². The van der Waals surface area contributed by atoms with E-state index in [-0.39, 0.29) is 24.0 Å². The highest BCUT2D eigenvalue weighted by Gasteiger charge is 2.65. The second-order valence-electron chi connectivity index (χ2n) is 8.36. The Bertz CT molecular complexity index is 1160. The lowest BCUT2D eigenvalue weighted by atomic mass is 10.0. The summed E-state index contributed by atoms with van der Waals surface area (Å²) in [4.78, 5) is 30.2. The number of rotatable bonds is 2. The van der Waals surface area contributed by atoms with Gasteiger partial charge in [0.15, 0.2) is 5.72 Å². The summed E-state index contributed by atoms with van der Waals surface area (Å²) in [7, 11) is 0. The molecule has 3 heterocycles. The van der Waals surface area contributed by atoms with Crippen LogP contribution in [0.1, 0.15) is 34.9 Å². The number of amides is 2. The topological polar surface area (TPSA) is 49.9 Å². The Morgan fingerprint density at radius 2 is 1.73 bits per heavy atom. The third-order valence-corrected chi connectivity index (χ3v) is 6.88. The molecule has 5 nitrogen and oxygen atoms in total. The third kappa shape index (κ3) is 2.39. The van der Waals surface area contributed by atoms with Gasteiger partial charge in [0, 0.05) is 18.5 Å². The molecule has 3 saturated heterocycles. The molecule has 3 aromatic rings. The van der Waals surface area contributed by atoms with Crippen LogP contribution < -0.4 is 0 Å². The molecule has 3 aromatic carbocycles. The first-order valence-corrected chi connectivity index (χ1v) is 10.5. The van der Waals surface area contributed by atoms with Gasteiger partial charge in [-0.1, -0.05) is 66.7 Å². The zero-order chi connectivity index (χ0) is 20.3. The minimum absolute atomic E-state index is 0.0184. The molecule has 0 aromatic heterocycles. The zero-order valence-electron chi connectivity index (χ0n) is 16.5. The van der Waals surface area contributed by atoms with Gasteiger partial charge in [0.25, 0.3) is 5.91 Å². The van der Waals surface area contributed by atoms with E-state index in [4.69, 9.17) is 4.74 Å². The maximum absolute atomic E-state index is 13.6. The SMILES string of the molecule is O=C(c1cccc2ccccc12)N1CC[C@@]23O[C@@H](c4ccccc4)CN2C(=O)C[C@@H]13. The fourth-order valence-electron chi connectivity index (χ4n) is 5.48. The second kappa shape index (κ2) is 6.41. The number of likely N-dealkylation sites (tertiary alicyclic amines) is 1. The van der Waals surface area contributed by atoms with Crippen molar-refractivity contribution in [3.05, 3.63) is 83.9 Å². The maximum atomic E-state index is 13.6. The predicted molar refractivity (Wildman–Crippen MR) is 113 cm³/mol. The molecule has 3 aliphatic rings. The maximum Gasteiger partial charge on any atom is 0.254 e. The van der Waals surface area contributed by atoms with E-state index in [2.05, 4.69) is 0 Å². The van der Waals surface area contributed by atoms with Crippen LogP contribution in [0.5, 0.6) is 0 Å². The van der Waals surface area contributed by atoms with Crippen molar-refractivity contribution >= 4 is 22.6 Å². The Morgan fingerprint density at radius 1 is 0.967 bits per heavy atom. The van der Waals surface area contributed by atoms with Crippen LogP contribution >= 0.6 is 0 Å². The lowest BCUT2D eigenvalue weighted by Gasteiger charge is -2.32. The number of carbonyl (C=O) groups excluding carboxylic acids is 2. The standard InChI is InChI=1S/C25H22N2O3/c28-23-15-22-25(27(23)16-21(30-25)18-8-2-1-3-9-18)13-14-26(22)24(29)20-12-6-10-17-7-4-5-11-19(17)20/h1-12,21-22H,13-16H2/t21-,22-,25+/m1/s1. The molecule has 0 radical (unpaired) electrons. The monoisotopic (exact) mass is 398 g/mol. The minimum Gasteiger partial charge on any atom is -0.343 e. The van der Waals surface area contributed by atoms with Crippen molar-refractivity contribution in [3.63, 3.8) is 0 Å². The van der Waals surface area contributed by atoms with Crippen molar-refractivity contribution in [1.29, 1.82) is 0 Å². The van der Waals surface area contributed by atoms with E-state index in [1.807, 2.05) is 82.6 Å². The highest BCUT2D eigenvalue weighted by Crippen LogP contribution is 2.51. The number of benzene rings is 3. The highest BCUT2D eigenvalue weighted by atomic mass is 16.5. The van der Waals surface area contributed by atoms with Gasteiger partial charge in [-0.3, -0.25) is 9.59 Å². The molecule has 3 aliphatic heterocycles. The molecule has 5 heteroatoms. The molecule has 0 saturated carbocycles. The summed E-state index contributed by atoms with van der Waals surface area (Å²) >= 11 is 0. The van der Waals surface area contributed by atoms with Crippen molar-refractivity contribution in [3.8, 4) is 0 Å². The largest absolute Gasteiger partial charge is 0.343 e. The van der Waals surface area contributed by atoms with E-state index in [1.165, 1.54) is 0 Å². The van der Waals surface area contributed by atoms with Gasteiger partial charge in [-0.2, -0.15) is 0 Å². The van der Waals surface area contributed by atoms with Crippen LogP contribution in [0.2, 0.25) is 0 Å². The van der Waals surface area contributed by atoms with Gasteiger partial charge in [0.05, 0.1) is 19.0 Å². The Morgan fingerprint density at radius 3 is 2.60 bits per heavy atom. The molecule has 0 bridgehead atoms. The molecule has 3 fully saturated rings. The number of nitrogens with zero attached hydrogens (tertiary/aromatic N) is 2. The second-order valence-corrected chi connectivity index (χ2v) is 8.36.